The van der Waals surface area contributed by atoms with Crippen molar-refractivity contribution in [3.05, 3.63) is 99.7 Å². The summed E-state index contributed by atoms with van der Waals surface area (Å²) in [7, 11) is 0. The van der Waals surface area contributed by atoms with Gasteiger partial charge in [-0.2, -0.15) is 0 Å². The largest absolute Gasteiger partial charge is 0.466 e. The van der Waals surface area contributed by atoms with Crippen LogP contribution in [0.15, 0.2) is 71.7 Å². The molecule has 0 spiro atoms. The van der Waals surface area contributed by atoms with E-state index >= 15 is 0 Å². The van der Waals surface area contributed by atoms with Gasteiger partial charge in [0.2, 0.25) is 0 Å². The minimum absolute atomic E-state index is 0.0530. The maximum Gasteiger partial charge on any atom is 0.312 e. The van der Waals surface area contributed by atoms with Crippen molar-refractivity contribution in [1.82, 2.24) is 15.3 Å². The van der Waals surface area contributed by atoms with Gasteiger partial charge in [0.15, 0.2) is 11.6 Å². The van der Waals surface area contributed by atoms with Crippen LogP contribution in [0.4, 0.5) is 0 Å². The van der Waals surface area contributed by atoms with E-state index in [0.29, 0.717) is 25.9 Å². The number of hydrogen-bond donors (Lipinski definition) is 2. The topological polar surface area (TPSA) is 118 Å². The van der Waals surface area contributed by atoms with Gasteiger partial charge in [0.05, 0.1) is 18.1 Å². The van der Waals surface area contributed by atoms with Crippen LogP contribution in [0.25, 0.3) is 0 Å². The smallest absolute Gasteiger partial charge is 0.312 e. The van der Waals surface area contributed by atoms with Crippen molar-refractivity contribution in [1.29, 1.82) is 0 Å². The van der Waals surface area contributed by atoms with Crippen LogP contribution in [0.1, 0.15) is 70.8 Å². The normalized spacial score (nSPS) is 13.8. The lowest BCUT2D eigenvalue weighted by Gasteiger charge is -2.19. The third-order valence-corrected chi connectivity index (χ3v) is 6.24. The molecule has 2 N–H and O–H groups in total. The predicted molar refractivity (Wildman–Crippen MR) is 129 cm³/mol. The van der Waals surface area contributed by atoms with Gasteiger partial charge >= 0.3 is 5.97 Å². The van der Waals surface area contributed by atoms with Gasteiger partial charge in [0, 0.05) is 12.6 Å². The molecule has 8 nitrogen and oxygen atoms in total. The van der Waals surface area contributed by atoms with Gasteiger partial charge in [-0.1, -0.05) is 60.7 Å². The highest BCUT2D eigenvalue weighted by Crippen LogP contribution is 2.50. The number of nitrogens with one attached hydrogen (secondary N) is 2. The fraction of sp³-hybridized carbons (Fsp3) is 0.296. The number of aromatic amines is 1. The number of benzene rings is 2. The molecule has 4 rings (SSSR count). The number of ether oxygens (including phenoxy) is 1. The molecular weight excluding hydrogens is 446 g/mol. The minimum Gasteiger partial charge on any atom is -0.466 e. The number of H-pyrrole nitrogens is 1. The van der Waals surface area contributed by atoms with Crippen LogP contribution < -0.4 is 10.9 Å². The van der Waals surface area contributed by atoms with Gasteiger partial charge < -0.3 is 15.0 Å². The number of esters is 1. The number of rotatable bonds is 10. The van der Waals surface area contributed by atoms with Crippen LogP contribution in [-0.2, 0) is 9.53 Å². The van der Waals surface area contributed by atoms with E-state index in [9.17, 15) is 19.2 Å². The molecule has 0 aliphatic heterocycles. The molecular formula is C27H27N3O5. The molecule has 0 atom stereocenters. The summed E-state index contributed by atoms with van der Waals surface area (Å²) in [5.41, 5.74) is 0.226. The summed E-state index contributed by atoms with van der Waals surface area (Å²) in [5.74, 6) is -1.41. The fourth-order valence-corrected chi connectivity index (χ4v) is 4.02. The van der Waals surface area contributed by atoms with Crippen molar-refractivity contribution in [3.63, 3.8) is 0 Å². The number of amides is 1. The number of carbonyl (C=O) groups excluding carboxylic acids is 3. The third kappa shape index (κ3) is 5.54. The molecule has 180 valence electrons. The van der Waals surface area contributed by atoms with Gasteiger partial charge in [0.1, 0.15) is 5.56 Å². The molecule has 1 aromatic heterocycles. The van der Waals surface area contributed by atoms with Crippen LogP contribution in [-0.4, -0.2) is 34.2 Å². The van der Waals surface area contributed by atoms with Crippen molar-refractivity contribution in [2.45, 2.75) is 38.6 Å². The summed E-state index contributed by atoms with van der Waals surface area (Å²) in [5, 5.41) is 2.90. The Kier molecular flexibility index (Phi) is 7.19. The first kappa shape index (κ1) is 24.1. The van der Waals surface area contributed by atoms with Crippen molar-refractivity contribution in [2.24, 2.45) is 5.41 Å². The molecule has 1 saturated carbocycles. The highest BCUT2D eigenvalue weighted by atomic mass is 16.5. The summed E-state index contributed by atoms with van der Waals surface area (Å²) in [4.78, 5) is 56.8. The Balaban J connectivity index is 1.47. The molecule has 1 amide bonds. The summed E-state index contributed by atoms with van der Waals surface area (Å²) >= 11 is 0. The number of ketones is 1. The lowest BCUT2D eigenvalue weighted by Crippen LogP contribution is -2.34. The second kappa shape index (κ2) is 10.5. The van der Waals surface area contributed by atoms with E-state index < -0.39 is 28.7 Å². The molecule has 1 aliphatic rings. The monoisotopic (exact) mass is 473 g/mol. The molecule has 0 unspecified atom stereocenters. The molecule has 2 aromatic carbocycles. The summed E-state index contributed by atoms with van der Waals surface area (Å²) < 4.78 is 5.10. The average Bonchev–Trinajstić information content (AvgIpc) is 3.68. The van der Waals surface area contributed by atoms with Gasteiger partial charge in [-0.3, -0.25) is 19.2 Å². The molecule has 1 heterocycles. The van der Waals surface area contributed by atoms with E-state index in [1.54, 1.807) is 6.92 Å². The zero-order valence-electron chi connectivity index (χ0n) is 19.5. The molecule has 0 saturated heterocycles. The van der Waals surface area contributed by atoms with Crippen LogP contribution in [0.5, 0.6) is 0 Å². The highest BCUT2D eigenvalue weighted by molar-refractivity contribution is 5.96. The molecule has 35 heavy (non-hydrogen) atoms. The first-order valence-corrected chi connectivity index (χ1v) is 11.6. The molecule has 1 aliphatic carbocycles. The Bertz CT molecular complexity index is 1230. The molecule has 8 heteroatoms. The minimum atomic E-state index is -0.702. The maximum absolute atomic E-state index is 13.0. The first-order chi connectivity index (χ1) is 16.9. The Morgan fingerprint density at radius 1 is 1.03 bits per heavy atom. The summed E-state index contributed by atoms with van der Waals surface area (Å²) in [6.45, 7) is 2.04. The number of aromatic nitrogens is 2. The zero-order chi connectivity index (χ0) is 24.8. The van der Waals surface area contributed by atoms with E-state index in [2.05, 4.69) is 15.3 Å². The third-order valence-electron chi connectivity index (χ3n) is 6.24. The van der Waals surface area contributed by atoms with Crippen molar-refractivity contribution < 1.29 is 19.1 Å². The van der Waals surface area contributed by atoms with E-state index in [-0.39, 0.29) is 23.8 Å². The summed E-state index contributed by atoms with van der Waals surface area (Å²) in [6, 6.07) is 18.4. The van der Waals surface area contributed by atoms with Crippen LogP contribution in [0.3, 0.4) is 0 Å². The van der Waals surface area contributed by atoms with Crippen LogP contribution >= 0.6 is 0 Å². The number of nitrogens with zero attached hydrogens (tertiary/aromatic N) is 1. The first-order valence-electron chi connectivity index (χ1n) is 11.6. The maximum atomic E-state index is 13.0. The van der Waals surface area contributed by atoms with E-state index in [0.717, 1.165) is 17.3 Å². The van der Waals surface area contributed by atoms with Crippen molar-refractivity contribution in [3.8, 4) is 0 Å². The van der Waals surface area contributed by atoms with Crippen LogP contribution in [0, 0.1) is 5.41 Å². The quantitative estimate of drug-likeness (QED) is 0.343. The molecule has 0 radical (unpaired) electrons. The lowest BCUT2D eigenvalue weighted by molar-refractivity contribution is -0.149. The van der Waals surface area contributed by atoms with E-state index in [1.165, 1.54) is 0 Å². The Morgan fingerprint density at radius 2 is 1.63 bits per heavy atom. The molecule has 3 aromatic rings. The molecule has 1 fully saturated rings. The second-order valence-corrected chi connectivity index (χ2v) is 8.63. The van der Waals surface area contributed by atoms with Gasteiger partial charge in [-0.25, -0.2) is 4.98 Å². The number of hydrogen-bond acceptors (Lipinski definition) is 6. The average molecular weight is 474 g/mol. The summed E-state index contributed by atoms with van der Waals surface area (Å²) in [6.07, 6.45) is 2.88. The van der Waals surface area contributed by atoms with Crippen molar-refractivity contribution in [2.75, 3.05) is 6.61 Å². The molecule has 0 bridgehead atoms. The number of carbonyl (C=O) groups is 3. The SMILES string of the molecule is CCOC(=O)C1(CCC(=O)c2ncc(C(=O)NC(c3ccccc3)c3ccccc3)c(=O)[nH]2)CC1. The highest BCUT2D eigenvalue weighted by Gasteiger charge is 2.50. The number of Topliss-reactive ketones (excluding diaryl/α,β-unsaturated/α-hetero) is 1. The standard InChI is InChI=1S/C27H27N3O5/c1-2-35-26(34)27(15-16-27)14-13-21(31)23-28-17-20(25(33)30-23)24(32)29-22(18-9-5-3-6-10-18)19-11-7-4-8-12-19/h3-12,17,22H,2,13-16H2,1H3,(H,29,32)(H,28,30,33). The van der Waals surface area contributed by atoms with Crippen LogP contribution in [0.2, 0.25) is 0 Å². The van der Waals surface area contributed by atoms with E-state index in [4.69, 9.17) is 4.74 Å². The van der Waals surface area contributed by atoms with Crippen molar-refractivity contribution >= 4 is 17.7 Å². The predicted octanol–water partition coefficient (Wildman–Crippen LogP) is 3.60. The van der Waals surface area contributed by atoms with E-state index in [1.807, 2.05) is 60.7 Å². The second-order valence-electron chi connectivity index (χ2n) is 8.63. The van der Waals surface area contributed by atoms with Gasteiger partial charge in [0.25, 0.3) is 11.5 Å². The lowest BCUT2D eigenvalue weighted by atomic mass is 9.98. The Hall–Kier alpha value is -4.07. The Morgan fingerprint density at radius 3 is 2.14 bits per heavy atom. The Labute approximate surface area is 202 Å². The zero-order valence-corrected chi connectivity index (χ0v) is 19.5. The van der Waals surface area contributed by atoms with Gasteiger partial charge in [-0.15, -0.1) is 0 Å². The fourth-order valence-electron chi connectivity index (χ4n) is 4.02. The van der Waals surface area contributed by atoms with Gasteiger partial charge in [-0.05, 0) is 37.3 Å².